The minimum Gasteiger partial charge on any atom is -0.336 e. The summed E-state index contributed by atoms with van der Waals surface area (Å²) in [5, 5.41) is 3.31. The third-order valence-corrected chi connectivity index (χ3v) is 2.76. The lowest BCUT2D eigenvalue weighted by atomic mass is 10.2. The Kier molecular flexibility index (Phi) is 4.73. The van der Waals surface area contributed by atoms with Gasteiger partial charge in [0.2, 0.25) is 0 Å². The van der Waals surface area contributed by atoms with Crippen molar-refractivity contribution >= 4 is 11.8 Å². The van der Waals surface area contributed by atoms with Gasteiger partial charge in [0.25, 0.3) is 0 Å². The number of hydrogen-bond acceptors (Lipinski definition) is 3. The monoisotopic (exact) mass is 227 g/mol. The van der Waals surface area contributed by atoms with E-state index < -0.39 is 5.91 Å². The first-order chi connectivity index (χ1) is 7.56. The molecule has 0 aromatic heterocycles. The molecule has 1 aliphatic heterocycles. The number of likely N-dealkylation sites (N-methyl/N-ethyl adjacent to an activating group) is 1. The van der Waals surface area contributed by atoms with E-state index in [1.165, 1.54) is 4.90 Å². The second-order valence-electron chi connectivity index (χ2n) is 4.33. The molecule has 0 spiro atoms. The molecule has 1 aliphatic rings. The molecule has 1 unspecified atom stereocenters. The third-order valence-electron chi connectivity index (χ3n) is 2.76. The summed E-state index contributed by atoms with van der Waals surface area (Å²) in [4.78, 5) is 26.2. The number of piperazine rings is 1. The van der Waals surface area contributed by atoms with E-state index in [-0.39, 0.29) is 11.9 Å². The van der Waals surface area contributed by atoms with Gasteiger partial charge in [-0.05, 0) is 19.9 Å². The standard InChI is InChI=1S/C11H21N3O2/c1-4-5-12-9(2)8-14-7-6-13(3)10(15)11(14)16/h9,12H,4-8H2,1-3H3. The number of rotatable bonds is 5. The van der Waals surface area contributed by atoms with E-state index in [0.29, 0.717) is 19.6 Å². The fraction of sp³-hybridized carbons (Fsp3) is 0.818. The predicted octanol–water partition coefficient (Wildman–Crippen LogP) is -0.325. The van der Waals surface area contributed by atoms with Gasteiger partial charge in [-0.1, -0.05) is 6.92 Å². The Hall–Kier alpha value is -1.10. The Morgan fingerprint density at radius 3 is 2.62 bits per heavy atom. The van der Waals surface area contributed by atoms with Crippen molar-refractivity contribution in [1.29, 1.82) is 0 Å². The molecule has 92 valence electrons. The van der Waals surface area contributed by atoms with Crippen molar-refractivity contribution in [3.8, 4) is 0 Å². The predicted molar refractivity (Wildman–Crippen MR) is 62.0 cm³/mol. The Morgan fingerprint density at radius 1 is 1.31 bits per heavy atom. The van der Waals surface area contributed by atoms with E-state index in [1.807, 2.05) is 6.92 Å². The molecule has 5 nitrogen and oxygen atoms in total. The molecule has 0 saturated carbocycles. The van der Waals surface area contributed by atoms with Crippen LogP contribution in [0.15, 0.2) is 0 Å². The van der Waals surface area contributed by atoms with Crippen molar-refractivity contribution in [3.63, 3.8) is 0 Å². The lowest BCUT2D eigenvalue weighted by Crippen LogP contribution is -2.55. The van der Waals surface area contributed by atoms with Crippen LogP contribution in [-0.4, -0.2) is 60.9 Å². The maximum absolute atomic E-state index is 11.7. The minimum atomic E-state index is -0.394. The zero-order valence-electron chi connectivity index (χ0n) is 10.3. The average Bonchev–Trinajstić information content (AvgIpc) is 2.27. The van der Waals surface area contributed by atoms with Crippen molar-refractivity contribution < 1.29 is 9.59 Å². The first-order valence-electron chi connectivity index (χ1n) is 5.84. The van der Waals surface area contributed by atoms with Gasteiger partial charge in [-0.15, -0.1) is 0 Å². The smallest absolute Gasteiger partial charge is 0.312 e. The first-order valence-corrected chi connectivity index (χ1v) is 5.84. The average molecular weight is 227 g/mol. The van der Waals surface area contributed by atoms with E-state index in [1.54, 1.807) is 11.9 Å². The van der Waals surface area contributed by atoms with E-state index in [0.717, 1.165) is 13.0 Å². The summed E-state index contributed by atoms with van der Waals surface area (Å²) in [5.74, 6) is -0.771. The fourth-order valence-electron chi connectivity index (χ4n) is 1.73. The van der Waals surface area contributed by atoms with Crippen molar-refractivity contribution in [2.24, 2.45) is 0 Å². The molecule has 1 saturated heterocycles. The van der Waals surface area contributed by atoms with Gasteiger partial charge in [-0.3, -0.25) is 9.59 Å². The van der Waals surface area contributed by atoms with Crippen LogP contribution in [0.2, 0.25) is 0 Å². The Balaban J connectivity index is 2.42. The van der Waals surface area contributed by atoms with Crippen molar-refractivity contribution in [2.45, 2.75) is 26.3 Å². The number of carbonyl (C=O) groups is 2. The van der Waals surface area contributed by atoms with Gasteiger partial charge >= 0.3 is 11.8 Å². The van der Waals surface area contributed by atoms with E-state index >= 15 is 0 Å². The van der Waals surface area contributed by atoms with Crippen LogP contribution < -0.4 is 5.32 Å². The molecule has 16 heavy (non-hydrogen) atoms. The van der Waals surface area contributed by atoms with Crippen LogP contribution >= 0.6 is 0 Å². The molecule has 2 amide bonds. The lowest BCUT2D eigenvalue weighted by Gasteiger charge is -2.33. The van der Waals surface area contributed by atoms with Crippen LogP contribution in [0.1, 0.15) is 20.3 Å². The highest BCUT2D eigenvalue weighted by Gasteiger charge is 2.30. The van der Waals surface area contributed by atoms with Gasteiger partial charge in [-0.25, -0.2) is 0 Å². The van der Waals surface area contributed by atoms with Gasteiger partial charge < -0.3 is 15.1 Å². The number of nitrogens with zero attached hydrogens (tertiary/aromatic N) is 2. The van der Waals surface area contributed by atoms with Gasteiger partial charge in [0, 0.05) is 32.7 Å². The molecular weight excluding hydrogens is 206 g/mol. The third kappa shape index (κ3) is 3.20. The second-order valence-corrected chi connectivity index (χ2v) is 4.33. The maximum atomic E-state index is 11.7. The molecule has 1 N–H and O–H groups in total. The summed E-state index contributed by atoms with van der Waals surface area (Å²) in [6.07, 6.45) is 1.07. The number of carbonyl (C=O) groups excluding carboxylic acids is 2. The summed E-state index contributed by atoms with van der Waals surface area (Å²) < 4.78 is 0. The molecule has 5 heteroatoms. The molecular formula is C11H21N3O2. The zero-order valence-corrected chi connectivity index (χ0v) is 10.3. The van der Waals surface area contributed by atoms with Gasteiger partial charge in [0.05, 0.1) is 0 Å². The molecule has 0 aromatic carbocycles. The Morgan fingerprint density at radius 2 is 2.00 bits per heavy atom. The van der Waals surface area contributed by atoms with E-state index in [2.05, 4.69) is 12.2 Å². The molecule has 0 aromatic rings. The van der Waals surface area contributed by atoms with Crippen LogP contribution in [0.5, 0.6) is 0 Å². The first kappa shape index (κ1) is 13.0. The minimum absolute atomic E-state index is 0.236. The normalized spacial score (nSPS) is 19.2. The van der Waals surface area contributed by atoms with Gasteiger partial charge in [0.1, 0.15) is 0 Å². The summed E-state index contributed by atoms with van der Waals surface area (Å²) in [6.45, 7) is 6.95. The lowest BCUT2D eigenvalue weighted by molar-refractivity contribution is -0.155. The van der Waals surface area contributed by atoms with Gasteiger partial charge in [-0.2, -0.15) is 0 Å². The fourth-order valence-corrected chi connectivity index (χ4v) is 1.73. The summed E-state index contributed by atoms with van der Waals surface area (Å²) in [6, 6.07) is 0.236. The summed E-state index contributed by atoms with van der Waals surface area (Å²) in [7, 11) is 1.66. The highest BCUT2D eigenvalue weighted by atomic mass is 16.2. The molecule has 1 rings (SSSR count). The molecule has 0 bridgehead atoms. The number of amides is 2. The topological polar surface area (TPSA) is 52.6 Å². The van der Waals surface area contributed by atoms with E-state index in [4.69, 9.17) is 0 Å². The number of nitrogens with one attached hydrogen (secondary N) is 1. The van der Waals surface area contributed by atoms with Crippen molar-refractivity contribution in [3.05, 3.63) is 0 Å². The van der Waals surface area contributed by atoms with Crippen LogP contribution in [0, 0.1) is 0 Å². The summed E-state index contributed by atoms with van der Waals surface area (Å²) >= 11 is 0. The maximum Gasteiger partial charge on any atom is 0.312 e. The van der Waals surface area contributed by atoms with Gasteiger partial charge in [0.15, 0.2) is 0 Å². The highest BCUT2D eigenvalue weighted by Crippen LogP contribution is 2.03. The van der Waals surface area contributed by atoms with E-state index in [9.17, 15) is 9.59 Å². The Bertz CT molecular complexity index is 268. The summed E-state index contributed by atoms with van der Waals surface area (Å²) in [5.41, 5.74) is 0. The zero-order chi connectivity index (χ0) is 12.1. The second kappa shape index (κ2) is 5.84. The van der Waals surface area contributed by atoms with Crippen LogP contribution in [-0.2, 0) is 9.59 Å². The van der Waals surface area contributed by atoms with Crippen molar-refractivity contribution in [1.82, 2.24) is 15.1 Å². The molecule has 1 heterocycles. The highest BCUT2D eigenvalue weighted by molar-refractivity contribution is 6.35. The van der Waals surface area contributed by atoms with Crippen molar-refractivity contribution in [2.75, 3.05) is 33.2 Å². The quantitative estimate of drug-likeness (QED) is 0.655. The molecule has 1 atom stereocenters. The SMILES string of the molecule is CCCNC(C)CN1CCN(C)C(=O)C1=O. The van der Waals surface area contributed by atoms with Crippen LogP contribution in [0.4, 0.5) is 0 Å². The molecule has 1 fully saturated rings. The number of hydrogen-bond donors (Lipinski definition) is 1. The van der Waals surface area contributed by atoms with Crippen LogP contribution in [0.3, 0.4) is 0 Å². The Labute approximate surface area is 96.8 Å². The molecule has 0 radical (unpaired) electrons. The largest absolute Gasteiger partial charge is 0.336 e. The molecule has 0 aliphatic carbocycles. The van der Waals surface area contributed by atoms with Crippen LogP contribution in [0.25, 0.3) is 0 Å².